The van der Waals surface area contributed by atoms with E-state index in [1.165, 1.54) is 0 Å². The molecule has 1 N–H and O–H groups in total. The molecule has 0 unspecified atom stereocenters. The molecule has 1 aromatic heterocycles. The molecule has 0 radical (unpaired) electrons. The smallest absolute Gasteiger partial charge is 0.343 e. The van der Waals surface area contributed by atoms with Crippen molar-refractivity contribution in [3.05, 3.63) is 87.9 Å². The van der Waals surface area contributed by atoms with Crippen LogP contribution in [0.3, 0.4) is 0 Å². The van der Waals surface area contributed by atoms with Crippen molar-refractivity contribution in [3.63, 3.8) is 0 Å². The molecule has 1 fully saturated rings. The summed E-state index contributed by atoms with van der Waals surface area (Å²) in [7, 11) is 0. The fourth-order valence-corrected chi connectivity index (χ4v) is 4.99. The molecule has 2 aromatic carbocycles. The normalized spacial score (nSPS) is 18.8. The van der Waals surface area contributed by atoms with Gasteiger partial charge in [0, 0.05) is 42.4 Å². The first-order chi connectivity index (χ1) is 16.7. The van der Waals surface area contributed by atoms with E-state index in [0.717, 1.165) is 21.6 Å². The molecule has 0 bridgehead atoms. The molecule has 1 heterocycles. The van der Waals surface area contributed by atoms with Gasteiger partial charge in [-0.25, -0.2) is 18.6 Å². The summed E-state index contributed by atoms with van der Waals surface area (Å²) >= 11 is 3.44. The van der Waals surface area contributed by atoms with Crippen LogP contribution in [-0.4, -0.2) is 33.2 Å². The van der Waals surface area contributed by atoms with Crippen LogP contribution in [0.2, 0.25) is 0 Å². The van der Waals surface area contributed by atoms with Gasteiger partial charge in [-0.15, -0.1) is 0 Å². The lowest BCUT2D eigenvalue weighted by Gasteiger charge is -2.32. The molecular formula is C27H29BrF2N2O3. The summed E-state index contributed by atoms with van der Waals surface area (Å²) in [5.41, 5.74) is 0.298. The Labute approximate surface area is 212 Å². The number of alkyl halides is 2. The van der Waals surface area contributed by atoms with Crippen LogP contribution in [0.4, 0.5) is 8.78 Å². The fraction of sp³-hybridized carbons (Fsp3) is 0.407. The molecule has 1 aliphatic carbocycles. The number of benzene rings is 2. The zero-order valence-electron chi connectivity index (χ0n) is 19.6. The van der Waals surface area contributed by atoms with Gasteiger partial charge in [0.2, 0.25) is 5.92 Å². The van der Waals surface area contributed by atoms with Crippen LogP contribution >= 0.6 is 15.9 Å². The van der Waals surface area contributed by atoms with Crippen LogP contribution in [-0.2, 0) is 28.1 Å². The molecule has 4 rings (SSSR count). The van der Waals surface area contributed by atoms with E-state index in [1.807, 2.05) is 42.0 Å². The molecule has 35 heavy (non-hydrogen) atoms. The first kappa shape index (κ1) is 25.5. The molecule has 0 amide bonds. The van der Waals surface area contributed by atoms with Gasteiger partial charge in [-0.1, -0.05) is 58.4 Å². The number of ether oxygens (including phenoxy) is 1. The van der Waals surface area contributed by atoms with E-state index in [1.54, 1.807) is 30.3 Å². The average molecular weight is 547 g/mol. The van der Waals surface area contributed by atoms with E-state index in [4.69, 9.17) is 4.74 Å². The van der Waals surface area contributed by atoms with Gasteiger partial charge < -0.3 is 14.4 Å². The largest absolute Gasteiger partial charge is 0.463 e. The second-order valence-corrected chi connectivity index (χ2v) is 10.1. The molecule has 3 aromatic rings. The van der Waals surface area contributed by atoms with Crippen molar-refractivity contribution >= 4 is 21.9 Å². The number of carbonyl (C=O) groups excluding carboxylic acids is 1. The number of hydrogen-bond acceptors (Lipinski definition) is 4. The second-order valence-electron chi connectivity index (χ2n) is 9.19. The maximum Gasteiger partial charge on any atom is 0.343 e. The number of nitrogens with zero attached hydrogens (tertiary/aromatic N) is 2. The molecule has 1 aliphatic rings. The lowest BCUT2D eigenvalue weighted by Crippen LogP contribution is -2.44. The van der Waals surface area contributed by atoms with Crippen LogP contribution < -0.4 is 0 Å². The van der Waals surface area contributed by atoms with Gasteiger partial charge in [0.05, 0.1) is 12.3 Å². The summed E-state index contributed by atoms with van der Waals surface area (Å²) in [6.07, 6.45) is 2.38. The van der Waals surface area contributed by atoms with Gasteiger partial charge in [-0.05, 0) is 43.0 Å². The van der Waals surface area contributed by atoms with E-state index in [-0.39, 0.29) is 25.0 Å². The van der Waals surface area contributed by atoms with Gasteiger partial charge in [0.15, 0.2) is 5.60 Å². The van der Waals surface area contributed by atoms with Gasteiger partial charge >= 0.3 is 5.97 Å². The highest BCUT2D eigenvalue weighted by molar-refractivity contribution is 9.10. The lowest BCUT2D eigenvalue weighted by molar-refractivity contribution is -0.175. The summed E-state index contributed by atoms with van der Waals surface area (Å²) in [5, 5.41) is 11.4. The number of aryl methyl sites for hydroxylation is 2. The van der Waals surface area contributed by atoms with E-state index < -0.39 is 29.8 Å². The summed E-state index contributed by atoms with van der Waals surface area (Å²) in [5.74, 6) is -3.80. The van der Waals surface area contributed by atoms with E-state index in [9.17, 15) is 18.7 Å². The van der Waals surface area contributed by atoms with Crippen molar-refractivity contribution in [2.45, 2.75) is 57.1 Å². The zero-order valence-corrected chi connectivity index (χ0v) is 21.2. The Morgan fingerprint density at radius 3 is 2.60 bits per heavy atom. The third-order valence-corrected chi connectivity index (χ3v) is 7.15. The molecule has 2 atom stereocenters. The fourth-order valence-electron chi connectivity index (χ4n) is 4.73. The van der Waals surface area contributed by atoms with Crippen molar-refractivity contribution in [2.24, 2.45) is 5.92 Å². The van der Waals surface area contributed by atoms with E-state index in [2.05, 4.69) is 20.9 Å². The Balaban J connectivity index is 1.36. The topological polar surface area (TPSA) is 64.4 Å². The van der Waals surface area contributed by atoms with Gasteiger partial charge in [-0.2, -0.15) is 0 Å². The van der Waals surface area contributed by atoms with Crippen molar-refractivity contribution < 1.29 is 23.4 Å². The van der Waals surface area contributed by atoms with Crippen LogP contribution in [0.15, 0.2) is 65.3 Å². The quantitative estimate of drug-likeness (QED) is 0.272. The minimum absolute atomic E-state index is 0.0584. The maximum atomic E-state index is 13.9. The highest BCUT2D eigenvalue weighted by atomic mass is 79.9. The number of imidazole rings is 1. The average Bonchev–Trinajstić information content (AvgIpc) is 3.39. The highest BCUT2D eigenvalue weighted by Crippen LogP contribution is 2.47. The van der Waals surface area contributed by atoms with Crippen LogP contribution in [0, 0.1) is 12.8 Å². The minimum Gasteiger partial charge on any atom is -0.463 e. The number of carbonyl (C=O) groups is 1. The number of hydrogen-bond donors (Lipinski definition) is 1. The van der Waals surface area contributed by atoms with Gasteiger partial charge in [0.1, 0.15) is 5.82 Å². The van der Waals surface area contributed by atoms with E-state index in [0.29, 0.717) is 19.4 Å². The molecular weight excluding hydrogens is 518 g/mol. The van der Waals surface area contributed by atoms with Gasteiger partial charge in [0.25, 0.3) is 0 Å². The Kier molecular flexibility index (Phi) is 7.71. The first-order valence-electron chi connectivity index (χ1n) is 11.8. The van der Waals surface area contributed by atoms with Crippen LogP contribution in [0.5, 0.6) is 0 Å². The molecule has 0 saturated heterocycles. The first-order valence-corrected chi connectivity index (χ1v) is 12.6. The maximum absolute atomic E-state index is 13.9. The number of aliphatic hydroxyl groups is 1. The minimum atomic E-state index is -2.89. The number of halogens is 3. The molecule has 186 valence electrons. The summed E-state index contributed by atoms with van der Waals surface area (Å²) in [4.78, 5) is 17.7. The Hall–Kier alpha value is -2.58. The van der Waals surface area contributed by atoms with E-state index >= 15 is 0 Å². The molecule has 1 saturated carbocycles. The molecule has 8 heteroatoms. The molecule has 0 aliphatic heterocycles. The van der Waals surface area contributed by atoms with Crippen molar-refractivity contribution in [1.29, 1.82) is 0 Å². The van der Waals surface area contributed by atoms with Crippen LogP contribution in [0.25, 0.3) is 0 Å². The number of rotatable bonds is 9. The van der Waals surface area contributed by atoms with Crippen molar-refractivity contribution in [1.82, 2.24) is 9.55 Å². The third kappa shape index (κ3) is 5.98. The predicted octanol–water partition coefficient (Wildman–Crippen LogP) is 5.80. The van der Waals surface area contributed by atoms with Crippen molar-refractivity contribution in [2.75, 3.05) is 6.61 Å². The summed E-state index contributed by atoms with van der Waals surface area (Å²) in [6.45, 7) is 2.57. The number of aromatic nitrogens is 2. The monoisotopic (exact) mass is 546 g/mol. The number of esters is 1. The predicted molar refractivity (Wildman–Crippen MR) is 132 cm³/mol. The Morgan fingerprint density at radius 2 is 1.94 bits per heavy atom. The Bertz CT molecular complexity index is 1150. The second kappa shape index (κ2) is 10.6. The SMILES string of the molecule is Cc1nc(Cc2ccc(Br)cc2)cn1CCCOC(=O)[C@](O)(c1ccccc1)[C@@H]1CCC(F)(F)C1. The lowest BCUT2D eigenvalue weighted by atomic mass is 9.80. The third-order valence-electron chi connectivity index (χ3n) is 6.62. The van der Waals surface area contributed by atoms with Gasteiger partial charge in [-0.3, -0.25) is 0 Å². The van der Waals surface area contributed by atoms with Crippen LogP contribution in [0.1, 0.15) is 48.3 Å². The molecule has 5 nitrogen and oxygen atoms in total. The highest BCUT2D eigenvalue weighted by Gasteiger charge is 2.54. The zero-order chi connectivity index (χ0) is 25.1. The standard InChI is InChI=1S/C27H29BrF2N2O3/c1-19-31-24(16-20-8-10-23(28)11-9-20)18-32(19)14-5-15-35-25(33)27(34,21-6-3-2-4-7-21)22-12-13-26(29,30)17-22/h2-4,6-11,18,22,34H,5,12-17H2,1H3/t22-,27+/m1/s1. The summed E-state index contributed by atoms with van der Waals surface area (Å²) in [6, 6.07) is 16.4. The molecule has 0 spiro atoms. The Morgan fingerprint density at radius 1 is 1.23 bits per heavy atom. The summed E-state index contributed by atoms with van der Waals surface area (Å²) < 4.78 is 36.3. The van der Waals surface area contributed by atoms with Crippen molar-refractivity contribution in [3.8, 4) is 0 Å².